The summed E-state index contributed by atoms with van der Waals surface area (Å²) in [5.41, 5.74) is 3.10. The summed E-state index contributed by atoms with van der Waals surface area (Å²) in [7, 11) is 0.255. The lowest BCUT2D eigenvalue weighted by molar-refractivity contribution is -0.385. The molecule has 0 heterocycles. The predicted octanol–water partition coefficient (Wildman–Crippen LogP) is 3.87. The highest BCUT2D eigenvalue weighted by Crippen LogP contribution is 2.31. The molecule has 0 bridgehead atoms. The first kappa shape index (κ1) is 24.3. The monoisotopic (exact) mass is 486 g/mol. The van der Waals surface area contributed by atoms with E-state index in [1.165, 1.54) is 51.8 Å². The molecule has 0 spiro atoms. The summed E-state index contributed by atoms with van der Waals surface area (Å²) in [6.07, 6.45) is 1.41. The van der Waals surface area contributed by atoms with Gasteiger partial charge in [0.2, 0.25) is 0 Å². The molecule has 0 amide bonds. The van der Waals surface area contributed by atoms with E-state index < -0.39 is 14.9 Å². The zero-order chi connectivity index (χ0) is 24.7. The zero-order valence-electron chi connectivity index (χ0n) is 18.5. The number of methoxy groups -OCH3 is 3. The number of sulfonamides is 1. The average molecular weight is 487 g/mol. The van der Waals surface area contributed by atoms with Crippen LogP contribution in [-0.4, -0.2) is 40.9 Å². The highest BCUT2D eigenvalue weighted by Gasteiger charge is 2.23. The van der Waals surface area contributed by atoms with Gasteiger partial charge in [0.15, 0.2) is 11.5 Å². The van der Waals surface area contributed by atoms with Crippen LogP contribution in [0.5, 0.6) is 17.2 Å². The Morgan fingerprint density at radius 2 is 1.71 bits per heavy atom. The van der Waals surface area contributed by atoms with E-state index in [9.17, 15) is 18.5 Å². The number of nitrogens with zero attached hydrogens (tertiary/aromatic N) is 2. The molecule has 0 aliphatic carbocycles. The van der Waals surface area contributed by atoms with Gasteiger partial charge in [-0.15, -0.1) is 0 Å². The molecular formula is C22H22N4O7S. The van der Waals surface area contributed by atoms with Crippen LogP contribution in [0.4, 0.5) is 17.1 Å². The molecule has 0 aliphatic heterocycles. The Balaban J connectivity index is 1.94. The molecule has 0 fully saturated rings. The summed E-state index contributed by atoms with van der Waals surface area (Å²) in [6, 6.07) is 14.8. The molecule has 0 saturated heterocycles. The number of hydrazone groups is 1. The number of non-ortho nitro benzene ring substituents is 1. The Kier molecular flexibility index (Phi) is 7.53. The van der Waals surface area contributed by atoms with Crippen molar-refractivity contribution >= 4 is 33.3 Å². The molecule has 3 aromatic rings. The topological polar surface area (TPSA) is 141 Å². The van der Waals surface area contributed by atoms with E-state index >= 15 is 0 Å². The van der Waals surface area contributed by atoms with E-state index in [1.807, 2.05) is 0 Å². The number of nitro benzene ring substituents is 1. The van der Waals surface area contributed by atoms with Gasteiger partial charge in [0, 0.05) is 23.4 Å². The van der Waals surface area contributed by atoms with Crippen molar-refractivity contribution < 1.29 is 27.6 Å². The Labute approximate surface area is 196 Å². The minimum Gasteiger partial charge on any atom is -0.497 e. The van der Waals surface area contributed by atoms with Crippen LogP contribution in [0.1, 0.15) is 5.56 Å². The largest absolute Gasteiger partial charge is 0.497 e. The molecule has 3 rings (SSSR count). The lowest BCUT2D eigenvalue weighted by Crippen LogP contribution is -2.15. The molecule has 11 nitrogen and oxygen atoms in total. The molecule has 0 saturated carbocycles. The van der Waals surface area contributed by atoms with Crippen LogP contribution in [0.15, 0.2) is 70.7 Å². The van der Waals surface area contributed by atoms with Crippen molar-refractivity contribution in [3.8, 4) is 17.2 Å². The third kappa shape index (κ3) is 5.53. The highest BCUT2D eigenvalue weighted by atomic mass is 32.2. The molecule has 2 N–H and O–H groups in total. The number of benzene rings is 3. The Morgan fingerprint density at radius 3 is 2.32 bits per heavy atom. The molecule has 0 aromatic heterocycles. The SMILES string of the molecule is COc1ccc(NS(=O)(=O)c2cc([N+](=O)[O-])ccc2NN=Cc2cccc(OC)c2OC)cc1. The van der Waals surface area contributed by atoms with Crippen LogP contribution in [-0.2, 0) is 10.0 Å². The highest BCUT2D eigenvalue weighted by molar-refractivity contribution is 7.92. The van der Waals surface area contributed by atoms with Crippen LogP contribution in [0.3, 0.4) is 0 Å². The van der Waals surface area contributed by atoms with Crippen molar-refractivity contribution in [2.45, 2.75) is 4.90 Å². The summed E-state index contributed by atoms with van der Waals surface area (Å²) >= 11 is 0. The maximum absolute atomic E-state index is 13.1. The molecule has 34 heavy (non-hydrogen) atoms. The molecule has 3 aromatic carbocycles. The first-order valence-electron chi connectivity index (χ1n) is 9.74. The van der Waals surface area contributed by atoms with E-state index in [0.29, 0.717) is 22.8 Å². The summed E-state index contributed by atoms with van der Waals surface area (Å²) in [4.78, 5) is 10.2. The first-order valence-corrected chi connectivity index (χ1v) is 11.2. The minimum atomic E-state index is -4.21. The maximum atomic E-state index is 13.1. The van der Waals surface area contributed by atoms with Crippen molar-refractivity contribution in [3.63, 3.8) is 0 Å². The van der Waals surface area contributed by atoms with Crippen molar-refractivity contribution in [2.24, 2.45) is 5.10 Å². The van der Waals surface area contributed by atoms with Gasteiger partial charge in [-0.1, -0.05) is 6.07 Å². The van der Waals surface area contributed by atoms with Gasteiger partial charge < -0.3 is 14.2 Å². The van der Waals surface area contributed by atoms with Crippen molar-refractivity contribution in [1.82, 2.24) is 0 Å². The fourth-order valence-electron chi connectivity index (χ4n) is 2.99. The third-order valence-electron chi connectivity index (χ3n) is 4.63. The van der Waals surface area contributed by atoms with Gasteiger partial charge in [-0.2, -0.15) is 5.10 Å². The van der Waals surface area contributed by atoms with E-state index in [2.05, 4.69) is 15.2 Å². The second-order valence-corrected chi connectivity index (χ2v) is 8.38. The van der Waals surface area contributed by atoms with E-state index in [0.717, 1.165) is 6.07 Å². The quantitative estimate of drug-likeness (QED) is 0.250. The molecule has 178 valence electrons. The molecule has 0 radical (unpaired) electrons. The number of anilines is 2. The van der Waals surface area contributed by atoms with E-state index in [4.69, 9.17) is 14.2 Å². The fraction of sp³-hybridized carbons (Fsp3) is 0.136. The Hall–Kier alpha value is -4.32. The third-order valence-corrected chi connectivity index (χ3v) is 6.05. The van der Waals surface area contributed by atoms with Crippen molar-refractivity contribution in [2.75, 3.05) is 31.5 Å². The number of rotatable bonds is 10. The molecule has 0 aliphatic rings. The molecular weight excluding hydrogens is 464 g/mol. The van der Waals surface area contributed by atoms with Gasteiger partial charge in [-0.25, -0.2) is 8.42 Å². The lowest BCUT2D eigenvalue weighted by Gasteiger charge is -2.13. The van der Waals surface area contributed by atoms with Gasteiger partial charge in [-0.05, 0) is 42.5 Å². The second kappa shape index (κ2) is 10.5. The van der Waals surface area contributed by atoms with Crippen LogP contribution in [0, 0.1) is 10.1 Å². The standard InChI is InChI=1S/C22H22N4O7S/c1-31-18-10-7-16(8-11-18)25-34(29,30)21-13-17(26(27)28)9-12-19(21)24-23-14-15-5-4-6-20(32-2)22(15)33-3/h4-14,24-25H,1-3H3. The predicted molar refractivity (Wildman–Crippen MR) is 128 cm³/mol. The van der Waals surface area contributed by atoms with Crippen LogP contribution in [0.25, 0.3) is 0 Å². The van der Waals surface area contributed by atoms with E-state index in [1.54, 1.807) is 30.3 Å². The summed E-state index contributed by atoms with van der Waals surface area (Å²) in [6.45, 7) is 0. The summed E-state index contributed by atoms with van der Waals surface area (Å²) < 4.78 is 44.2. The second-order valence-electron chi connectivity index (χ2n) is 6.72. The fourth-order valence-corrected chi connectivity index (χ4v) is 4.23. The summed E-state index contributed by atoms with van der Waals surface area (Å²) in [5, 5.41) is 15.3. The smallest absolute Gasteiger partial charge is 0.270 e. The number of nitrogens with one attached hydrogen (secondary N) is 2. The normalized spacial score (nSPS) is 11.1. The Bertz CT molecular complexity index is 1310. The number of hydrogen-bond donors (Lipinski definition) is 2. The first-order chi connectivity index (χ1) is 16.3. The van der Waals surface area contributed by atoms with Gasteiger partial charge >= 0.3 is 0 Å². The average Bonchev–Trinajstić information content (AvgIpc) is 2.84. The van der Waals surface area contributed by atoms with Crippen molar-refractivity contribution in [1.29, 1.82) is 0 Å². The van der Waals surface area contributed by atoms with Gasteiger partial charge in [0.25, 0.3) is 15.7 Å². The maximum Gasteiger partial charge on any atom is 0.270 e. The van der Waals surface area contributed by atoms with Crippen molar-refractivity contribution in [3.05, 3.63) is 76.3 Å². The Morgan fingerprint density at radius 1 is 0.971 bits per heavy atom. The molecule has 12 heteroatoms. The summed E-state index contributed by atoms with van der Waals surface area (Å²) in [5.74, 6) is 1.48. The number of ether oxygens (including phenoxy) is 3. The minimum absolute atomic E-state index is 0.0322. The van der Waals surface area contributed by atoms with Gasteiger partial charge in [0.1, 0.15) is 10.6 Å². The lowest BCUT2D eigenvalue weighted by atomic mass is 10.2. The molecule has 0 unspecified atom stereocenters. The number of para-hydroxylation sites is 1. The van der Waals surface area contributed by atoms with Gasteiger partial charge in [-0.3, -0.25) is 20.3 Å². The van der Waals surface area contributed by atoms with Crippen LogP contribution in [0.2, 0.25) is 0 Å². The van der Waals surface area contributed by atoms with E-state index in [-0.39, 0.29) is 22.0 Å². The molecule has 0 atom stereocenters. The van der Waals surface area contributed by atoms with Crippen LogP contribution >= 0.6 is 0 Å². The number of nitro groups is 1. The zero-order valence-corrected chi connectivity index (χ0v) is 19.3. The van der Waals surface area contributed by atoms with Gasteiger partial charge in [0.05, 0.1) is 38.2 Å². The number of hydrogen-bond acceptors (Lipinski definition) is 9. The van der Waals surface area contributed by atoms with Crippen LogP contribution < -0.4 is 24.4 Å².